The number of pyridine rings is 1. The van der Waals surface area contributed by atoms with Gasteiger partial charge >= 0.3 is 0 Å². The Morgan fingerprint density at radius 3 is 2.91 bits per heavy atom. The summed E-state index contributed by atoms with van der Waals surface area (Å²) in [6.45, 7) is 0.0614. The van der Waals surface area contributed by atoms with Crippen LogP contribution in [0.4, 0.5) is 5.69 Å². The Bertz CT molecular complexity index is 652. The van der Waals surface area contributed by atoms with Crippen molar-refractivity contribution in [3.05, 3.63) is 28.7 Å². The van der Waals surface area contributed by atoms with Crippen molar-refractivity contribution < 1.29 is 4.79 Å². The summed E-state index contributed by atoms with van der Waals surface area (Å²) in [4.78, 5) is 24.2. The van der Waals surface area contributed by atoms with Gasteiger partial charge in [0.05, 0.1) is 5.69 Å². The van der Waals surface area contributed by atoms with Crippen molar-refractivity contribution in [1.29, 1.82) is 0 Å². The number of nitrogens with zero attached hydrogens (tertiary/aromatic N) is 1. The van der Waals surface area contributed by atoms with Gasteiger partial charge in [0.1, 0.15) is 6.54 Å². The second-order valence-corrected chi connectivity index (χ2v) is 7.30. The molecule has 3 fully saturated rings. The van der Waals surface area contributed by atoms with Crippen molar-refractivity contribution in [2.24, 2.45) is 23.7 Å². The number of hydrogen-bond acceptors (Lipinski definition) is 3. The maximum atomic E-state index is 12.3. The number of nitrogens with two attached hydrogens (primary N) is 1. The van der Waals surface area contributed by atoms with Gasteiger partial charge in [-0.2, -0.15) is 0 Å². The van der Waals surface area contributed by atoms with Crippen LogP contribution in [0.15, 0.2) is 23.1 Å². The molecule has 1 heterocycles. The summed E-state index contributed by atoms with van der Waals surface area (Å²) in [6, 6.07) is 3.57. The Morgan fingerprint density at radius 1 is 1.23 bits per heavy atom. The van der Waals surface area contributed by atoms with E-state index in [0.717, 1.165) is 24.2 Å². The van der Waals surface area contributed by atoms with Crippen LogP contribution >= 0.6 is 0 Å². The van der Waals surface area contributed by atoms with Gasteiger partial charge in [0.15, 0.2) is 0 Å². The Morgan fingerprint density at radius 2 is 2.05 bits per heavy atom. The second-order valence-electron chi connectivity index (χ2n) is 7.30. The lowest BCUT2D eigenvalue weighted by Crippen LogP contribution is -2.45. The molecule has 1 aromatic rings. The lowest BCUT2D eigenvalue weighted by atomic mass is 9.76. The highest BCUT2D eigenvalue weighted by Crippen LogP contribution is 2.56. The van der Waals surface area contributed by atoms with Crippen LogP contribution in [0.1, 0.15) is 32.1 Å². The Labute approximate surface area is 129 Å². The molecule has 0 saturated heterocycles. The number of amides is 1. The van der Waals surface area contributed by atoms with Crippen LogP contribution in [-0.2, 0) is 11.3 Å². The molecule has 5 atom stereocenters. The molecule has 118 valence electrons. The number of nitrogen functional groups attached to an aromatic ring is 1. The first-order chi connectivity index (χ1) is 10.6. The van der Waals surface area contributed by atoms with Gasteiger partial charge in [-0.1, -0.05) is 0 Å². The molecule has 3 N–H and O–H groups in total. The predicted molar refractivity (Wildman–Crippen MR) is 84.1 cm³/mol. The lowest BCUT2D eigenvalue weighted by molar-refractivity contribution is -0.123. The summed E-state index contributed by atoms with van der Waals surface area (Å²) in [5.41, 5.74) is 5.50. The van der Waals surface area contributed by atoms with E-state index in [1.165, 1.54) is 30.3 Å². The van der Waals surface area contributed by atoms with Crippen LogP contribution in [0.5, 0.6) is 0 Å². The van der Waals surface area contributed by atoms with E-state index in [2.05, 4.69) is 5.32 Å². The van der Waals surface area contributed by atoms with Gasteiger partial charge in [0, 0.05) is 12.2 Å². The molecule has 5 unspecified atom stereocenters. The molecule has 3 bridgehead atoms. The Hall–Kier alpha value is -1.78. The highest BCUT2D eigenvalue weighted by molar-refractivity contribution is 5.76. The SMILES string of the molecule is Nc1cccn(CC(=O)NC2CC3CCC4CC3CC42)c1=O. The second kappa shape index (κ2) is 5.14. The number of hydrogen-bond donors (Lipinski definition) is 2. The Balaban J connectivity index is 1.44. The van der Waals surface area contributed by atoms with Crippen molar-refractivity contribution in [2.45, 2.75) is 44.7 Å². The zero-order valence-electron chi connectivity index (χ0n) is 12.7. The summed E-state index contributed by atoms with van der Waals surface area (Å²) in [6.07, 6.45) is 8.09. The molecule has 22 heavy (non-hydrogen) atoms. The largest absolute Gasteiger partial charge is 0.394 e. The number of carbonyl (C=O) groups is 1. The number of rotatable bonds is 3. The number of anilines is 1. The molecule has 5 heteroatoms. The van der Waals surface area contributed by atoms with Gasteiger partial charge in [-0.05, 0) is 67.9 Å². The fourth-order valence-corrected chi connectivity index (χ4v) is 5.14. The molecule has 1 aromatic heterocycles. The van der Waals surface area contributed by atoms with E-state index < -0.39 is 0 Å². The van der Waals surface area contributed by atoms with Crippen molar-refractivity contribution in [3.8, 4) is 0 Å². The smallest absolute Gasteiger partial charge is 0.274 e. The maximum absolute atomic E-state index is 12.3. The standard InChI is InChI=1S/C17H23N3O2/c18-14-2-1-5-20(17(14)22)9-16(21)19-15-8-10-3-4-11-6-12(10)7-13(11)15/h1-2,5,10-13,15H,3-4,6-9,18H2,(H,19,21). The van der Waals surface area contributed by atoms with E-state index in [4.69, 9.17) is 5.73 Å². The maximum Gasteiger partial charge on any atom is 0.274 e. The van der Waals surface area contributed by atoms with Crippen LogP contribution < -0.4 is 16.6 Å². The fourth-order valence-electron chi connectivity index (χ4n) is 5.14. The zero-order valence-corrected chi connectivity index (χ0v) is 12.7. The Kier molecular flexibility index (Phi) is 3.24. The van der Waals surface area contributed by atoms with Crippen molar-refractivity contribution in [2.75, 3.05) is 5.73 Å². The predicted octanol–water partition coefficient (Wildman–Crippen LogP) is 1.37. The van der Waals surface area contributed by atoms with E-state index in [9.17, 15) is 9.59 Å². The van der Waals surface area contributed by atoms with Crippen LogP contribution in [0.25, 0.3) is 0 Å². The normalized spacial score (nSPS) is 35.5. The average molecular weight is 301 g/mol. The summed E-state index contributed by atoms with van der Waals surface area (Å²) in [7, 11) is 0. The third kappa shape index (κ3) is 2.23. The van der Waals surface area contributed by atoms with Gasteiger partial charge in [-0.3, -0.25) is 9.59 Å². The van der Waals surface area contributed by atoms with Crippen molar-refractivity contribution in [1.82, 2.24) is 9.88 Å². The van der Waals surface area contributed by atoms with Gasteiger partial charge in [-0.25, -0.2) is 0 Å². The van der Waals surface area contributed by atoms with E-state index in [0.29, 0.717) is 12.0 Å². The molecule has 0 radical (unpaired) electrons. The first-order valence-corrected chi connectivity index (χ1v) is 8.36. The fraction of sp³-hybridized carbons (Fsp3) is 0.647. The molecule has 0 spiro atoms. The summed E-state index contributed by atoms with van der Waals surface area (Å²) in [5.74, 6) is 3.11. The van der Waals surface area contributed by atoms with E-state index in [1.54, 1.807) is 18.3 Å². The molecule has 3 saturated carbocycles. The number of aromatic nitrogens is 1. The lowest BCUT2D eigenvalue weighted by Gasteiger charge is -2.34. The quantitative estimate of drug-likeness (QED) is 0.885. The topological polar surface area (TPSA) is 77.1 Å². The van der Waals surface area contributed by atoms with Crippen molar-refractivity contribution in [3.63, 3.8) is 0 Å². The van der Waals surface area contributed by atoms with Crippen LogP contribution in [0.3, 0.4) is 0 Å². The highest BCUT2D eigenvalue weighted by atomic mass is 16.2. The van der Waals surface area contributed by atoms with Crippen LogP contribution in [0, 0.1) is 23.7 Å². The van der Waals surface area contributed by atoms with Crippen molar-refractivity contribution >= 4 is 11.6 Å². The molecule has 4 rings (SSSR count). The molecule has 3 aliphatic carbocycles. The van der Waals surface area contributed by atoms with Gasteiger partial charge in [0.2, 0.25) is 5.91 Å². The zero-order chi connectivity index (χ0) is 15.3. The molecule has 3 aliphatic rings. The number of carbonyl (C=O) groups excluding carboxylic acids is 1. The average Bonchev–Trinajstić information content (AvgIpc) is 2.69. The molecule has 1 amide bonds. The minimum absolute atomic E-state index is 0.0614. The van der Waals surface area contributed by atoms with Crippen LogP contribution in [-0.4, -0.2) is 16.5 Å². The van der Waals surface area contributed by atoms with E-state index in [-0.39, 0.29) is 23.7 Å². The third-order valence-corrected chi connectivity index (χ3v) is 6.14. The van der Waals surface area contributed by atoms with Gasteiger partial charge < -0.3 is 15.6 Å². The summed E-state index contributed by atoms with van der Waals surface area (Å²) < 4.78 is 1.39. The summed E-state index contributed by atoms with van der Waals surface area (Å²) >= 11 is 0. The number of fused-ring (bicyclic) bond motifs is 3. The third-order valence-electron chi connectivity index (χ3n) is 6.14. The highest BCUT2D eigenvalue weighted by Gasteiger charge is 2.50. The van der Waals surface area contributed by atoms with Gasteiger partial charge in [0.25, 0.3) is 5.56 Å². The monoisotopic (exact) mass is 301 g/mol. The van der Waals surface area contributed by atoms with Gasteiger partial charge in [-0.15, -0.1) is 0 Å². The number of nitrogens with one attached hydrogen (secondary N) is 1. The minimum Gasteiger partial charge on any atom is -0.394 e. The first kappa shape index (κ1) is 13.9. The molecule has 0 aromatic carbocycles. The minimum atomic E-state index is -0.290. The molecular formula is C17H23N3O2. The molecule has 5 nitrogen and oxygen atoms in total. The first-order valence-electron chi connectivity index (χ1n) is 8.36. The molecular weight excluding hydrogens is 278 g/mol. The van der Waals surface area contributed by atoms with Crippen LogP contribution in [0.2, 0.25) is 0 Å². The molecule has 0 aliphatic heterocycles. The van der Waals surface area contributed by atoms with E-state index >= 15 is 0 Å². The summed E-state index contributed by atoms with van der Waals surface area (Å²) in [5, 5.41) is 3.20. The van der Waals surface area contributed by atoms with E-state index in [1.807, 2.05) is 0 Å².